The molecule has 1 aromatic heterocycles. The van der Waals surface area contributed by atoms with Gasteiger partial charge in [0.05, 0.1) is 18.5 Å². The molecule has 0 aliphatic carbocycles. The van der Waals surface area contributed by atoms with E-state index in [1.165, 1.54) is 24.1 Å². The van der Waals surface area contributed by atoms with Gasteiger partial charge in [-0.05, 0) is 24.1 Å². The normalized spacial score (nSPS) is 20.9. The average molecular weight is 320 g/mol. The monoisotopic (exact) mass is 320 g/mol. The van der Waals surface area contributed by atoms with Gasteiger partial charge in [-0.3, -0.25) is 9.59 Å². The number of rotatable bonds is 3. The molecule has 6 nitrogen and oxygen atoms in total. The lowest BCUT2D eigenvalue weighted by atomic mass is 9.99. The molecule has 1 fully saturated rings. The lowest BCUT2D eigenvalue weighted by molar-refractivity contribution is -0.142. The van der Waals surface area contributed by atoms with Crippen molar-refractivity contribution in [1.29, 1.82) is 0 Å². The molecule has 0 saturated carbocycles. The van der Waals surface area contributed by atoms with Crippen molar-refractivity contribution in [2.75, 3.05) is 20.2 Å². The van der Waals surface area contributed by atoms with Crippen LogP contribution in [-0.2, 0) is 4.79 Å². The number of aromatic nitrogens is 1. The average Bonchev–Trinajstić information content (AvgIpc) is 3.11. The number of amides is 1. The van der Waals surface area contributed by atoms with E-state index in [1.807, 2.05) is 0 Å². The first-order valence-electron chi connectivity index (χ1n) is 7.29. The van der Waals surface area contributed by atoms with Crippen LogP contribution in [0.1, 0.15) is 17.4 Å². The third-order valence-electron chi connectivity index (χ3n) is 4.37. The van der Waals surface area contributed by atoms with Crippen LogP contribution in [0.2, 0.25) is 0 Å². The van der Waals surface area contributed by atoms with Crippen molar-refractivity contribution in [3.05, 3.63) is 29.7 Å². The molecule has 23 heavy (non-hydrogen) atoms. The van der Waals surface area contributed by atoms with Gasteiger partial charge in [0.15, 0.2) is 0 Å². The number of ether oxygens (including phenoxy) is 1. The molecule has 7 heteroatoms. The highest BCUT2D eigenvalue weighted by Crippen LogP contribution is 2.30. The summed E-state index contributed by atoms with van der Waals surface area (Å²) in [5.41, 5.74) is 0.427. The number of likely N-dealkylation sites (tertiary alicyclic amines) is 1. The summed E-state index contributed by atoms with van der Waals surface area (Å²) >= 11 is 0. The molecule has 2 N–H and O–H groups in total. The molecule has 0 radical (unpaired) electrons. The van der Waals surface area contributed by atoms with Crippen LogP contribution in [0.3, 0.4) is 0 Å². The zero-order chi connectivity index (χ0) is 16.7. The Hall–Kier alpha value is -2.57. The minimum absolute atomic E-state index is 0.118. The smallest absolute Gasteiger partial charge is 0.308 e. The van der Waals surface area contributed by atoms with Crippen LogP contribution in [0.4, 0.5) is 4.39 Å². The number of hydrogen-bond donors (Lipinski definition) is 2. The summed E-state index contributed by atoms with van der Waals surface area (Å²) in [4.78, 5) is 28.0. The van der Waals surface area contributed by atoms with E-state index in [1.54, 1.807) is 13.0 Å². The number of nitrogens with one attached hydrogen (secondary N) is 1. The predicted octanol–water partition coefficient (Wildman–Crippen LogP) is 2.11. The van der Waals surface area contributed by atoms with Crippen molar-refractivity contribution >= 4 is 22.8 Å². The molecule has 1 aliphatic rings. The fourth-order valence-corrected chi connectivity index (χ4v) is 3.08. The Morgan fingerprint density at radius 2 is 2.13 bits per heavy atom. The van der Waals surface area contributed by atoms with Gasteiger partial charge in [0.2, 0.25) is 0 Å². The molecule has 0 bridgehead atoms. The van der Waals surface area contributed by atoms with Gasteiger partial charge in [-0.2, -0.15) is 0 Å². The molecule has 2 heterocycles. The van der Waals surface area contributed by atoms with Gasteiger partial charge in [0.25, 0.3) is 5.91 Å². The standard InChI is InChI=1S/C16H17FN2O4/c1-8-6-19(7-10(8)16(21)22)15(20)12-5-9-13(23-2)4-3-11(17)14(9)18-12/h3-5,8,10,18H,6-7H2,1-2H3,(H,21,22)/t8-,10-/m1/s1. The van der Waals surface area contributed by atoms with Crippen LogP contribution in [0.15, 0.2) is 18.2 Å². The summed E-state index contributed by atoms with van der Waals surface area (Å²) in [6, 6.07) is 4.31. The van der Waals surface area contributed by atoms with Crippen LogP contribution >= 0.6 is 0 Å². The molecule has 1 amide bonds. The molecule has 2 atom stereocenters. The first-order chi connectivity index (χ1) is 10.9. The number of aliphatic carboxylic acids is 1. The number of carbonyl (C=O) groups is 2. The first kappa shape index (κ1) is 15.3. The maximum Gasteiger partial charge on any atom is 0.308 e. The Morgan fingerprint density at radius 1 is 1.39 bits per heavy atom. The van der Waals surface area contributed by atoms with Crippen LogP contribution in [0.25, 0.3) is 10.9 Å². The molecule has 122 valence electrons. The molecule has 1 aromatic carbocycles. The third-order valence-corrected chi connectivity index (χ3v) is 4.37. The van der Waals surface area contributed by atoms with E-state index < -0.39 is 17.7 Å². The minimum atomic E-state index is -0.905. The molecule has 1 saturated heterocycles. The molecule has 0 unspecified atom stereocenters. The summed E-state index contributed by atoms with van der Waals surface area (Å²) < 4.78 is 19.1. The largest absolute Gasteiger partial charge is 0.496 e. The van der Waals surface area contributed by atoms with Gasteiger partial charge in [0, 0.05) is 18.5 Å². The van der Waals surface area contributed by atoms with Crippen LogP contribution in [-0.4, -0.2) is 47.1 Å². The number of carboxylic acids is 1. The fourth-order valence-electron chi connectivity index (χ4n) is 3.08. The molecule has 2 aromatic rings. The second-order valence-corrected chi connectivity index (χ2v) is 5.85. The summed E-state index contributed by atoms with van der Waals surface area (Å²) in [5, 5.41) is 9.65. The Labute approximate surface area is 131 Å². The number of fused-ring (bicyclic) bond motifs is 1. The Balaban J connectivity index is 1.93. The van der Waals surface area contributed by atoms with E-state index in [2.05, 4.69) is 4.98 Å². The summed E-state index contributed by atoms with van der Waals surface area (Å²) in [6.45, 7) is 2.33. The number of hydrogen-bond acceptors (Lipinski definition) is 3. The van der Waals surface area contributed by atoms with Crippen molar-refractivity contribution in [2.45, 2.75) is 6.92 Å². The van der Waals surface area contributed by atoms with Gasteiger partial charge < -0.3 is 19.7 Å². The topological polar surface area (TPSA) is 82.6 Å². The number of nitrogens with zero attached hydrogens (tertiary/aromatic N) is 1. The van der Waals surface area contributed by atoms with Crippen molar-refractivity contribution in [1.82, 2.24) is 9.88 Å². The van der Waals surface area contributed by atoms with Crippen molar-refractivity contribution < 1.29 is 23.8 Å². The van der Waals surface area contributed by atoms with E-state index in [-0.39, 0.29) is 29.6 Å². The quantitative estimate of drug-likeness (QED) is 0.907. The third kappa shape index (κ3) is 2.52. The number of H-pyrrole nitrogens is 1. The second-order valence-electron chi connectivity index (χ2n) is 5.85. The van der Waals surface area contributed by atoms with Crippen molar-refractivity contribution in [3.8, 4) is 5.75 Å². The van der Waals surface area contributed by atoms with Gasteiger partial charge in [-0.1, -0.05) is 6.92 Å². The first-order valence-corrected chi connectivity index (χ1v) is 7.29. The predicted molar refractivity (Wildman–Crippen MR) is 81.0 cm³/mol. The maximum atomic E-state index is 13.9. The number of carboxylic acid groups (broad SMARTS) is 1. The SMILES string of the molecule is COc1ccc(F)c2[nH]c(C(=O)N3C[C@@H](C)[C@H](C(=O)O)C3)cc12. The van der Waals surface area contributed by atoms with Crippen LogP contribution in [0, 0.1) is 17.7 Å². The number of aromatic amines is 1. The second kappa shape index (κ2) is 5.57. The molecular formula is C16H17FN2O4. The van der Waals surface area contributed by atoms with Gasteiger partial charge in [0.1, 0.15) is 17.3 Å². The molecule has 3 rings (SSSR count). The molecule has 1 aliphatic heterocycles. The van der Waals surface area contributed by atoms with Crippen molar-refractivity contribution in [2.24, 2.45) is 11.8 Å². The zero-order valence-corrected chi connectivity index (χ0v) is 12.8. The molecule has 0 spiro atoms. The van der Waals surface area contributed by atoms with Gasteiger partial charge in [-0.15, -0.1) is 0 Å². The maximum absolute atomic E-state index is 13.9. The molecular weight excluding hydrogens is 303 g/mol. The van der Waals surface area contributed by atoms with E-state index >= 15 is 0 Å². The highest BCUT2D eigenvalue weighted by atomic mass is 19.1. The zero-order valence-electron chi connectivity index (χ0n) is 12.8. The Morgan fingerprint density at radius 3 is 2.74 bits per heavy atom. The van der Waals surface area contributed by atoms with E-state index in [0.29, 0.717) is 17.7 Å². The summed E-state index contributed by atoms with van der Waals surface area (Å²) in [6.07, 6.45) is 0. The minimum Gasteiger partial charge on any atom is -0.496 e. The lowest BCUT2D eigenvalue weighted by Crippen LogP contribution is -2.30. The van der Waals surface area contributed by atoms with E-state index in [0.717, 1.165) is 0 Å². The van der Waals surface area contributed by atoms with E-state index in [9.17, 15) is 14.0 Å². The highest BCUT2D eigenvalue weighted by Gasteiger charge is 2.37. The van der Waals surface area contributed by atoms with Crippen LogP contribution in [0.5, 0.6) is 5.75 Å². The Kier molecular flexibility index (Phi) is 3.71. The van der Waals surface area contributed by atoms with Gasteiger partial charge >= 0.3 is 5.97 Å². The fraction of sp³-hybridized carbons (Fsp3) is 0.375. The number of halogens is 1. The number of benzene rings is 1. The van der Waals surface area contributed by atoms with E-state index in [4.69, 9.17) is 9.84 Å². The van der Waals surface area contributed by atoms with Crippen LogP contribution < -0.4 is 4.74 Å². The summed E-state index contributed by atoms with van der Waals surface area (Å²) in [5.74, 6) is -1.94. The summed E-state index contributed by atoms with van der Waals surface area (Å²) in [7, 11) is 1.47. The van der Waals surface area contributed by atoms with Gasteiger partial charge in [-0.25, -0.2) is 4.39 Å². The van der Waals surface area contributed by atoms with Crippen molar-refractivity contribution in [3.63, 3.8) is 0 Å². The lowest BCUT2D eigenvalue weighted by Gasteiger charge is -2.14. The number of methoxy groups -OCH3 is 1. The highest BCUT2D eigenvalue weighted by molar-refractivity contribution is 6.00. The number of carbonyl (C=O) groups excluding carboxylic acids is 1. The Bertz CT molecular complexity index is 786.